The number of hydrogen-bond acceptors (Lipinski definition) is 2. The molecule has 0 aliphatic heterocycles. The number of rotatable bonds is 5. The second kappa shape index (κ2) is 8.65. The van der Waals surface area contributed by atoms with Gasteiger partial charge < -0.3 is 9.84 Å². The zero-order valence-electron chi connectivity index (χ0n) is 17.0. The number of ether oxygens (including phenoxy) is 1. The molecule has 2 aromatic carbocycles. The topological polar surface area (TPSA) is 29.5 Å². The lowest BCUT2D eigenvalue weighted by Crippen LogP contribution is -2.26. The summed E-state index contributed by atoms with van der Waals surface area (Å²) in [5.74, 6) is 3.41. The van der Waals surface area contributed by atoms with Crippen LogP contribution in [0.5, 0.6) is 11.5 Å². The lowest BCUT2D eigenvalue weighted by Gasteiger charge is -2.38. The Morgan fingerprint density at radius 1 is 1.04 bits per heavy atom. The van der Waals surface area contributed by atoms with E-state index in [4.69, 9.17) is 4.74 Å². The Balaban J connectivity index is 1.95. The number of benzene rings is 2. The van der Waals surface area contributed by atoms with E-state index in [2.05, 4.69) is 45.0 Å². The molecule has 3 rings (SSSR count). The highest BCUT2D eigenvalue weighted by Crippen LogP contribution is 2.49. The van der Waals surface area contributed by atoms with E-state index in [9.17, 15) is 5.11 Å². The van der Waals surface area contributed by atoms with Crippen LogP contribution in [0, 0.1) is 17.8 Å². The Morgan fingerprint density at radius 2 is 1.74 bits per heavy atom. The molecule has 1 saturated carbocycles. The van der Waals surface area contributed by atoms with Crippen LogP contribution in [0.15, 0.2) is 42.5 Å². The van der Waals surface area contributed by atoms with E-state index in [-0.39, 0.29) is 0 Å². The van der Waals surface area contributed by atoms with Gasteiger partial charge in [0.15, 0.2) is 0 Å². The van der Waals surface area contributed by atoms with Gasteiger partial charge in [0.25, 0.3) is 0 Å². The summed E-state index contributed by atoms with van der Waals surface area (Å²) in [6.45, 7) is 6.92. The predicted octanol–water partition coefficient (Wildman–Crippen LogP) is 6.75. The Bertz CT molecular complexity index is 776. The third kappa shape index (κ3) is 4.55. The minimum atomic E-state index is 0.357. The van der Waals surface area contributed by atoms with Gasteiger partial charge in [-0.15, -0.1) is 0 Å². The van der Waals surface area contributed by atoms with Crippen molar-refractivity contribution in [3.63, 3.8) is 0 Å². The number of phenols is 1. The normalized spacial score (nSPS) is 23.1. The van der Waals surface area contributed by atoms with Gasteiger partial charge in [0, 0.05) is 5.56 Å². The fraction of sp³-hybridized carbons (Fsp3) is 0.440. The van der Waals surface area contributed by atoms with E-state index in [1.807, 2.05) is 30.3 Å². The second-order valence-electron chi connectivity index (χ2n) is 8.33. The first-order valence-electron chi connectivity index (χ1n) is 10.1. The summed E-state index contributed by atoms with van der Waals surface area (Å²) in [5.41, 5.74) is 3.10. The molecular weight excluding hydrogens is 332 g/mol. The van der Waals surface area contributed by atoms with Crippen molar-refractivity contribution in [2.45, 2.75) is 46.0 Å². The minimum absolute atomic E-state index is 0.357. The van der Waals surface area contributed by atoms with Gasteiger partial charge in [0.05, 0.1) is 7.11 Å². The van der Waals surface area contributed by atoms with Gasteiger partial charge in [-0.3, -0.25) is 0 Å². The molecule has 1 aliphatic rings. The summed E-state index contributed by atoms with van der Waals surface area (Å²) in [6.07, 6.45) is 7.71. The number of methoxy groups -OCH3 is 1. The van der Waals surface area contributed by atoms with Crippen molar-refractivity contribution in [1.82, 2.24) is 0 Å². The molecule has 2 aromatic rings. The average Bonchev–Trinajstić information content (AvgIpc) is 2.66. The van der Waals surface area contributed by atoms with E-state index in [0.29, 0.717) is 29.4 Å². The quantitative estimate of drug-likeness (QED) is 0.595. The molecule has 0 heterocycles. The summed E-state index contributed by atoms with van der Waals surface area (Å²) in [5, 5.41) is 10.9. The van der Waals surface area contributed by atoms with Crippen LogP contribution in [0.3, 0.4) is 0 Å². The molecule has 0 saturated heterocycles. The fourth-order valence-corrected chi connectivity index (χ4v) is 4.56. The highest BCUT2D eigenvalue weighted by molar-refractivity contribution is 5.72. The van der Waals surface area contributed by atoms with Crippen LogP contribution in [0.4, 0.5) is 0 Å². The van der Waals surface area contributed by atoms with Crippen molar-refractivity contribution in [2.24, 2.45) is 17.8 Å². The fourth-order valence-electron chi connectivity index (χ4n) is 4.56. The third-order valence-electron chi connectivity index (χ3n) is 6.02. The molecule has 1 aliphatic carbocycles. The summed E-state index contributed by atoms with van der Waals surface area (Å²) in [7, 11) is 1.71. The molecule has 144 valence electrons. The van der Waals surface area contributed by atoms with Crippen molar-refractivity contribution < 1.29 is 9.84 Å². The van der Waals surface area contributed by atoms with Crippen molar-refractivity contribution in [1.29, 1.82) is 0 Å². The van der Waals surface area contributed by atoms with E-state index in [1.54, 1.807) is 7.11 Å². The summed E-state index contributed by atoms with van der Waals surface area (Å²) in [6, 6.07) is 14.1. The van der Waals surface area contributed by atoms with Crippen molar-refractivity contribution in [3.8, 4) is 11.5 Å². The Hall–Kier alpha value is -2.22. The van der Waals surface area contributed by atoms with E-state index < -0.39 is 0 Å². The molecule has 0 spiro atoms. The first-order valence-corrected chi connectivity index (χ1v) is 10.1. The van der Waals surface area contributed by atoms with Gasteiger partial charge in [0.2, 0.25) is 0 Å². The van der Waals surface area contributed by atoms with Gasteiger partial charge in [-0.05, 0) is 59.8 Å². The number of aromatic hydroxyl groups is 1. The highest BCUT2D eigenvalue weighted by Gasteiger charge is 2.35. The highest BCUT2D eigenvalue weighted by atomic mass is 16.5. The molecule has 0 radical (unpaired) electrons. The maximum Gasteiger partial charge on any atom is 0.126 e. The van der Waals surface area contributed by atoms with Gasteiger partial charge in [0.1, 0.15) is 11.5 Å². The number of hydrogen-bond donors (Lipinski definition) is 1. The van der Waals surface area contributed by atoms with Crippen LogP contribution >= 0.6 is 0 Å². The molecule has 0 aromatic heterocycles. The molecular formula is C25H32O2. The third-order valence-corrected chi connectivity index (χ3v) is 6.02. The van der Waals surface area contributed by atoms with E-state index in [0.717, 1.165) is 28.9 Å². The number of phenolic OH excluding ortho intramolecular Hbond substituents is 1. The van der Waals surface area contributed by atoms with Crippen LogP contribution in [0.2, 0.25) is 0 Å². The van der Waals surface area contributed by atoms with Crippen LogP contribution in [-0.2, 0) is 0 Å². The van der Waals surface area contributed by atoms with Crippen LogP contribution in [0.25, 0.3) is 12.2 Å². The lowest BCUT2D eigenvalue weighted by molar-refractivity contribution is 0.191. The monoisotopic (exact) mass is 364 g/mol. The summed E-state index contributed by atoms with van der Waals surface area (Å²) < 4.78 is 5.74. The SMILES string of the molecule is COc1cc(/C=C/c2ccccc2)cc(O)c1C1CC(C)CCC1C(C)C. The molecule has 2 nitrogen and oxygen atoms in total. The smallest absolute Gasteiger partial charge is 0.126 e. The first kappa shape index (κ1) is 19.5. The second-order valence-corrected chi connectivity index (χ2v) is 8.33. The molecule has 0 amide bonds. The largest absolute Gasteiger partial charge is 0.507 e. The van der Waals surface area contributed by atoms with Crippen molar-refractivity contribution in [2.75, 3.05) is 7.11 Å². The molecule has 3 atom stereocenters. The molecule has 1 fully saturated rings. The van der Waals surface area contributed by atoms with E-state index >= 15 is 0 Å². The van der Waals surface area contributed by atoms with Crippen LogP contribution < -0.4 is 4.74 Å². The molecule has 27 heavy (non-hydrogen) atoms. The Morgan fingerprint density at radius 3 is 2.41 bits per heavy atom. The summed E-state index contributed by atoms with van der Waals surface area (Å²) >= 11 is 0. The minimum Gasteiger partial charge on any atom is -0.507 e. The lowest BCUT2D eigenvalue weighted by atomic mass is 9.67. The van der Waals surface area contributed by atoms with Gasteiger partial charge >= 0.3 is 0 Å². The Kier molecular flexibility index (Phi) is 6.26. The molecule has 3 unspecified atom stereocenters. The maximum atomic E-state index is 10.9. The van der Waals surface area contributed by atoms with Crippen LogP contribution in [0.1, 0.15) is 62.6 Å². The van der Waals surface area contributed by atoms with E-state index in [1.165, 1.54) is 12.8 Å². The zero-order valence-corrected chi connectivity index (χ0v) is 17.0. The first-order chi connectivity index (χ1) is 13.0. The van der Waals surface area contributed by atoms with Gasteiger partial charge in [-0.2, -0.15) is 0 Å². The van der Waals surface area contributed by atoms with Crippen molar-refractivity contribution >= 4 is 12.2 Å². The average molecular weight is 365 g/mol. The predicted molar refractivity (Wildman–Crippen MR) is 114 cm³/mol. The molecule has 1 N–H and O–H groups in total. The standard InChI is InChI=1S/C25H32O2/c1-17(2)21-13-10-18(3)14-22(21)25-23(26)15-20(16-24(25)27-4)12-11-19-8-6-5-7-9-19/h5-9,11-12,15-18,21-22,26H,10,13-14H2,1-4H3/b12-11+. The van der Waals surface area contributed by atoms with Gasteiger partial charge in [-0.1, -0.05) is 69.7 Å². The molecule has 0 bridgehead atoms. The van der Waals surface area contributed by atoms with Gasteiger partial charge in [-0.25, -0.2) is 0 Å². The van der Waals surface area contributed by atoms with Crippen LogP contribution in [-0.4, -0.2) is 12.2 Å². The summed E-state index contributed by atoms with van der Waals surface area (Å²) in [4.78, 5) is 0. The molecule has 2 heteroatoms. The zero-order chi connectivity index (χ0) is 19.4. The maximum absolute atomic E-state index is 10.9. The van der Waals surface area contributed by atoms with Crippen molar-refractivity contribution in [3.05, 3.63) is 59.2 Å². The Labute approximate surface area is 163 Å².